The maximum absolute atomic E-state index is 16.6. The van der Waals surface area contributed by atoms with Crippen molar-refractivity contribution in [2.45, 2.75) is 101 Å². The molecule has 3 aromatic rings. The summed E-state index contributed by atoms with van der Waals surface area (Å²) in [6.45, 7) is 4.36. The molecule has 0 saturated carbocycles. The summed E-state index contributed by atoms with van der Waals surface area (Å²) < 4.78 is 78.5. The second kappa shape index (κ2) is 24.4. The summed E-state index contributed by atoms with van der Waals surface area (Å²) in [5, 5.41) is 18.7. The van der Waals surface area contributed by atoms with Crippen molar-refractivity contribution in [3.63, 3.8) is 0 Å². The maximum atomic E-state index is 16.6. The van der Waals surface area contributed by atoms with E-state index < -0.39 is 124 Å². The summed E-state index contributed by atoms with van der Waals surface area (Å²) in [5.41, 5.74) is 14.7. The smallest absolute Gasteiger partial charge is 0.364 e. The summed E-state index contributed by atoms with van der Waals surface area (Å²) in [4.78, 5) is 96.1. The highest BCUT2D eigenvalue weighted by atomic mass is 32.1. The molecule has 0 aliphatic rings. The van der Waals surface area contributed by atoms with E-state index >= 15 is 13.2 Å². The zero-order valence-corrected chi connectivity index (χ0v) is 37.8. The Balaban J connectivity index is 2.03. The molecule has 6 amide bonds. The van der Waals surface area contributed by atoms with Crippen LogP contribution >= 0.6 is 25.3 Å². The number of thiol groups is 2. The van der Waals surface area contributed by atoms with Gasteiger partial charge >= 0.3 is 11.7 Å². The van der Waals surface area contributed by atoms with Gasteiger partial charge < -0.3 is 53.9 Å². The number of ketones is 1. The number of benzene rings is 2. The van der Waals surface area contributed by atoms with Crippen LogP contribution in [-0.4, -0.2) is 123 Å². The van der Waals surface area contributed by atoms with Crippen LogP contribution in [0.1, 0.15) is 61.5 Å². The van der Waals surface area contributed by atoms with Crippen molar-refractivity contribution < 1.29 is 60.8 Å². The summed E-state index contributed by atoms with van der Waals surface area (Å²) >= 11 is 7.94. The molecule has 0 aliphatic carbocycles. The zero-order chi connectivity index (χ0) is 49.7. The second-order valence-corrected chi connectivity index (χ2v) is 16.4. The van der Waals surface area contributed by atoms with Gasteiger partial charge in [0.05, 0.1) is 17.5 Å². The van der Waals surface area contributed by atoms with Crippen molar-refractivity contribution in [3.05, 3.63) is 71.4 Å². The van der Waals surface area contributed by atoms with E-state index in [-0.39, 0.29) is 36.5 Å². The van der Waals surface area contributed by atoms with Crippen molar-refractivity contribution in [1.82, 2.24) is 36.9 Å². The zero-order valence-electron chi connectivity index (χ0n) is 36.0. The van der Waals surface area contributed by atoms with Crippen LogP contribution in [0.25, 0.3) is 10.9 Å². The number of Topliss-reactive ketones (excluding diaryl/α,β-unsaturated/α-hetero) is 1. The van der Waals surface area contributed by atoms with Crippen LogP contribution in [0.15, 0.2) is 54.7 Å². The molecule has 66 heavy (non-hydrogen) atoms. The number of para-hydroxylation sites is 1. The predicted molar refractivity (Wildman–Crippen MR) is 239 cm³/mol. The van der Waals surface area contributed by atoms with Gasteiger partial charge in [-0.15, -0.1) is 0 Å². The Hall–Kier alpha value is -5.34. The number of rotatable bonds is 26. The lowest BCUT2D eigenvalue weighted by molar-refractivity contribution is -0.334. The molecule has 1 heterocycles. The van der Waals surface area contributed by atoms with Crippen LogP contribution < -0.4 is 43.8 Å². The van der Waals surface area contributed by atoms with Gasteiger partial charge in [-0.25, -0.2) is 4.39 Å². The molecule has 8 atom stereocenters. The Bertz CT molecular complexity index is 2210. The number of unbranched alkanes of at least 4 members (excludes halogenated alkanes) is 1. The molecule has 0 saturated heterocycles. The number of carbonyl (C=O) groups excluding carboxylic acids is 7. The third-order valence-electron chi connectivity index (χ3n) is 10.5. The highest BCUT2D eigenvalue weighted by molar-refractivity contribution is 7.80. The summed E-state index contributed by atoms with van der Waals surface area (Å²) in [5.74, 6) is -21.8. The number of aromatic amines is 1. The first-order chi connectivity index (χ1) is 31.0. The number of nitrogens with one attached hydrogen (secondary N) is 6. The molecule has 1 aromatic heterocycles. The molecule has 0 fully saturated rings. The van der Waals surface area contributed by atoms with Crippen LogP contribution in [-0.2, 0) is 41.1 Å². The van der Waals surface area contributed by atoms with Crippen molar-refractivity contribution in [1.29, 1.82) is 0 Å². The van der Waals surface area contributed by atoms with Gasteiger partial charge in [-0.05, 0) is 50.3 Å². The number of fused-ring (bicyclic) bond motifs is 1. The standard InChI is InChI=1S/C41H55F5N10O8S2/c1-20(2)31(38(63)52-30(19-66)37(62)55-32(21(3)57)34(49)59)54-35(60)28(14-8-9-15-47)51-36(61)29(16-22-17-50-27-13-7-5-10-23(22)27)53-39(64)41(44,56(45)46)40(42,43)25-12-6-4-11-24(25)33(58)26(48)18-65/h4-7,10-13,17,20-21,26,28-32,50,57,65-66H,8-9,14-16,18-19,47-48H2,1-3H3,(H2,49,59)(H,51,61)(H,52,63)(H,53,64)(H,54,60)(H,55,62)/t21-,26+,28+,29-,30+,31+,32+,41-/m1/s1. The van der Waals surface area contributed by atoms with Gasteiger partial charge in [0.2, 0.25) is 29.5 Å². The Labute approximate surface area is 387 Å². The number of hydrogen-bond acceptors (Lipinski definition) is 13. The fraction of sp³-hybridized carbons (Fsp3) is 0.488. The first kappa shape index (κ1) is 55.0. The number of carbonyl (C=O) groups is 7. The van der Waals surface area contributed by atoms with Crippen LogP contribution in [0.4, 0.5) is 22.1 Å². The number of aliphatic hydroxyl groups excluding tert-OH is 1. The van der Waals surface area contributed by atoms with Gasteiger partial charge in [-0.2, -0.15) is 34.0 Å². The highest BCUT2D eigenvalue weighted by Crippen LogP contribution is 2.46. The van der Waals surface area contributed by atoms with E-state index in [0.717, 1.165) is 18.2 Å². The van der Waals surface area contributed by atoms with Crippen LogP contribution in [0.2, 0.25) is 0 Å². The molecule has 0 radical (unpaired) electrons. The van der Waals surface area contributed by atoms with Gasteiger partial charge in [0.1, 0.15) is 30.2 Å². The molecule has 3 rings (SSSR count). The number of primary amides is 1. The SMILES string of the molecule is CC(C)[C@H](NC(=O)[C@H](CCCCN)NC(=O)[C@@H](Cc1c[nH]c2ccccc12)NC(=O)[C@@](F)(N(F)F)C(F)(F)c1ccccc1C(=O)[C@@H](N)CS)C(=O)N[C@@H](CS)C(=O)N[C@H](C(N)=O)[C@@H](C)O. The van der Waals surface area contributed by atoms with E-state index in [2.05, 4.69) is 51.5 Å². The van der Waals surface area contributed by atoms with Gasteiger partial charge in [0.25, 0.3) is 5.91 Å². The van der Waals surface area contributed by atoms with Crippen LogP contribution in [0, 0.1) is 5.92 Å². The number of nitrogens with zero attached hydrogens (tertiary/aromatic N) is 1. The lowest BCUT2D eigenvalue weighted by Gasteiger charge is -2.34. The van der Waals surface area contributed by atoms with E-state index in [0.29, 0.717) is 23.4 Å². The van der Waals surface area contributed by atoms with Crippen LogP contribution in [0.3, 0.4) is 0 Å². The van der Waals surface area contributed by atoms with E-state index in [9.17, 15) is 47.6 Å². The molecule has 0 spiro atoms. The van der Waals surface area contributed by atoms with Gasteiger partial charge in [-0.3, -0.25) is 33.6 Å². The molecule has 364 valence electrons. The molecular formula is C41H55F5N10O8S2. The monoisotopic (exact) mass is 974 g/mol. The average molecular weight is 975 g/mol. The molecule has 0 bridgehead atoms. The first-order valence-corrected chi connectivity index (χ1v) is 21.8. The molecule has 0 unspecified atom stereocenters. The number of nitrogens with two attached hydrogens (primary N) is 3. The number of aromatic nitrogens is 1. The number of halogens is 5. The topological polar surface area (TPSA) is 297 Å². The molecule has 0 aliphatic heterocycles. The molecule has 2 aromatic carbocycles. The van der Waals surface area contributed by atoms with Crippen molar-refractivity contribution in [2.24, 2.45) is 23.1 Å². The average Bonchev–Trinajstić information content (AvgIpc) is 3.69. The van der Waals surface area contributed by atoms with E-state index in [1.165, 1.54) is 27.0 Å². The van der Waals surface area contributed by atoms with Crippen LogP contribution in [0.5, 0.6) is 0 Å². The minimum absolute atomic E-state index is 0.127. The third-order valence-corrected chi connectivity index (χ3v) is 11.2. The predicted octanol–water partition coefficient (Wildman–Crippen LogP) is 0.684. The number of aliphatic hydroxyl groups is 1. The number of hydrogen-bond donors (Lipinski definition) is 12. The Morgan fingerprint density at radius 3 is 1.92 bits per heavy atom. The third kappa shape index (κ3) is 13.2. The quantitative estimate of drug-likeness (QED) is 0.0133. The van der Waals surface area contributed by atoms with Crippen molar-refractivity contribution in [2.75, 3.05) is 18.1 Å². The normalized spacial score (nSPS) is 15.9. The summed E-state index contributed by atoms with van der Waals surface area (Å²) in [6.07, 6.45) is -0.431. The van der Waals surface area contributed by atoms with Gasteiger partial charge in [0.15, 0.2) is 5.78 Å². The Morgan fingerprint density at radius 2 is 1.35 bits per heavy atom. The number of H-pyrrole nitrogens is 1. The first-order valence-electron chi connectivity index (χ1n) is 20.5. The van der Waals surface area contributed by atoms with Gasteiger partial charge in [-0.1, -0.05) is 65.3 Å². The van der Waals surface area contributed by atoms with Gasteiger partial charge in [0, 0.05) is 46.2 Å². The number of alkyl halides is 3. The molecular weight excluding hydrogens is 920 g/mol. The lowest BCUT2D eigenvalue weighted by atomic mass is 9.90. The largest absolute Gasteiger partial charge is 0.391 e. The number of amides is 6. The van der Waals surface area contributed by atoms with Crippen molar-refractivity contribution in [3.8, 4) is 0 Å². The summed E-state index contributed by atoms with van der Waals surface area (Å²) in [6, 6.07) is -0.0218. The van der Waals surface area contributed by atoms with E-state index in [4.69, 9.17) is 17.2 Å². The minimum Gasteiger partial charge on any atom is -0.391 e. The molecule has 13 N–H and O–H groups in total. The second-order valence-electron chi connectivity index (χ2n) is 15.7. The highest BCUT2D eigenvalue weighted by Gasteiger charge is 2.69. The fourth-order valence-electron chi connectivity index (χ4n) is 6.70. The Kier molecular flexibility index (Phi) is 20.4. The molecule has 25 heteroatoms. The maximum Gasteiger partial charge on any atom is 0.364 e. The Morgan fingerprint density at radius 1 is 0.773 bits per heavy atom. The van der Waals surface area contributed by atoms with E-state index in [1.54, 1.807) is 29.6 Å². The van der Waals surface area contributed by atoms with Crippen molar-refractivity contribution >= 4 is 77.4 Å². The minimum atomic E-state index is -5.58. The summed E-state index contributed by atoms with van der Waals surface area (Å²) in [7, 11) is 0. The fourth-order valence-corrected chi connectivity index (χ4v) is 7.13. The lowest BCUT2D eigenvalue weighted by Crippen LogP contribution is -2.64. The van der Waals surface area contributed by atoms with E-state index in [1.807, 2.05) is 0 Å². The molecule has 18 nitrogen and oxygen atoms in total.